The smallest absolute Gasteiger partial charge is 0.279 e. The first-order chi connectivity index (χ1) is 7.38. The largest absolute Gasteiger partial charge is 0.397 e. The maximum atomic E-state index is 9.76. The zero-order valence-electron chi connectivity index (χ0n) is 8.24. The molecule has 0 heterocycles. The van der Waals surface area contributed by atoms with Crippen molar-refractivity contribution in [3.8, 4) is 11.1 Å². The summed E-state index contributed by atoms with van der Waals surface area (Å²) in [6, 6.07) is 20.8. The second-order valence-electron chi connectivity index (χ2n) is 2.83. The van der Waals surface area contributed by atoms with E-state index in [0.29, 0.717) is 0 Å². The fourth-order valence-electron chi connectivity index (χ4n) is 1.26. The zero-order chi connectivity index (χ0) is 10.9. The third-order valence-corrected chi connectivity index (χ3v) is 1.88. The fourth-order valence-corrected chi connectivity index (χ4v) is 1.26. The van der Waals surface area contributed by atoms with Crippen LogP contribution in [0.5, 0.6) is 0 Å². The third-order valence-electron chi connectivity index (χ3n) is 1.88. The molecular weight excluding hydrogens is 210 g/mol. The lowest BCUT2D eigenvalue weighted by molar-refractivity contribution is 0.712. The summed E-state index contributed by atoms with van der Waals surface area (Å²) < 4.78 is 19.5. The summed E-state index contributed by atoms with van der Waals surface area (Å²) in [7, 11) is -2.58. The van der Waals surface area contributed by atoms with E-state index in [9.17, 15) is 8.22 Å². The van der Waals surface area contributed by atoms with E-state index in [0.717, 1.165) is 0 Å². The topological polar surface area (TPSA) is 0 Å². The summed E-state index contributed by atoms with van der Waals surface area (Å²) in [6.07, 6.45) is 0. The first-order valence-electron chi connectivity index (χ1n) is 4.61. The maximum absolute atomic E-state index is 9.76. The first kappa shape index (κ1) is 11.6. The van der Waals surface area contributed by atoms with Gasteiger partial charge in [-0.1, -0.05) is 60.7 Å². The van der Waals surface area contributed by atoms with Crippen molar-refractivity contribution in [1.82, 2.24) is 0 Å². The second kappa shape index (κ2) is 6.90. The summed E-state index contributed by atoms with van der Waals surface area (Å²) in [5.74, 6) is 0. The molecule has 0 radical (unpaired) electrons. The lowest BCUT2D eigenvalue weighted by atomic mass is 10.1. The van der Waals surface area contributed by atoms with E-state index in [1.807, 2.05) is 12.1 Å². The summed E-state index contributed by atoms with van der Waals surface area (Å²) in [6.45, 7) is 0. The number of halogens is 2. The van der Waals surface area contributed by atoms with Crippen molar-refractivity contribution < 1.29 is 8.22 Å². The molecular formula is C12H12F2Si. The van der Waals surface area contributed by atoms with Crippen molar-refractivity contribution in [3.63, 3.8) is 0 Å². The monoisotopic (exact) mass is 222 g/mol. The van der Waals surface area contributed by atoms with Crippen molar-refractivity contribution in [2.75, 3.05) is 0 Å². The maximum Gasteiger partial charge on any atom is 0.397 e. The Morgan fingerprint density at radius 1 is 0.600 bits per heavy atom. The Bertz CT molecular complexity index is 324. The minimum absolute atomic E-state index is 1.28. The highest BCUT2D eigenvalue weighted by Gasteiger charge is 1.91. The predicted octanol–water partition coefficient (Wildman–Crippen LogP) is 3.28. The van der Waals surface area contributed by atoms with E-state index in [-0.39, 0.29) is 0 Å². The molecule has 0 fully saturated rings. The Morgan fingerprint density at radius 2 is 0.867 bits per heavy atom. The van der Waals surface area contributed by atoms with Crippen LogP contribution in [-0.2, 0) is 0 Å². The molecule has 0 saturated heterocycles. The van der Waals surface area contributed by atoms with Crippen LogP contribution in [0, 0.1) is 0 Å². The van der Waals surface area contributed by atoms with Crippen LogP contribution in [0.15, 0.2) is 60.7 Å². The van der Waals surface area contributed by atoms with Gasteiger partial charge in [0, 0.05) is 0 Å². The summed E-state index contributed by atoms with van der Waals surface area (Å²) >= 11 is 0. The van der Waals surface area contributed by atoms with Gasteiger partial charge in [-0.15, -0.1) is 0 Å². The van der Waals surface area contributed by atoms with Crippen molar-refractivity contribution in [2.45, 2.75) is 0 Å². The average Bonchev–Trinajstić information content (AvgIpc) is 2.32. The highest BCUT2D eigenvalue weighted by atomic mass is 28.3. The van der Waals surface area contributed by atoms with Gasteiger partial charge in [-0.3, -0.25) is 8.22 Å². The first-order valence-corrected chi connectivity index (χ1v) is 5.67. The van der Waals surface area contributed by atoms with Crippen LogP contribution in [0.1, 0.15) is 0 Å². The molecule has 0 aliphatic rings. The van der Waals surface area contributed by atoms with E-state index >= 15 is 0 Å². The fraction of sp³-hybridized carbons (Fsp3) is 0. The molecule has 3 heteroatoms. The Kier molecular flexibility index (Phi) is 5.33. The molecule has 2 aromatic carbocycles. The van der Waals surface area contributed by atoms with Crippen molar-refractivity contribution >= 4 is 10.2 Å². The van der Waals surface area contributed by atoms with Gasteiger partial charge < -0.3 is 0 Å². The number of rotatable bonds is 1. The van der Waals surface area contributed by atoms with Crippen molar-refractivity contribution in [2.24, 2.45) is 0 Å². The standard InChI is InChI=1S/C12H10.F2H2Si/c1-3-7-11(8-4-1)12-9-5-2-6-10-12;1-3-2/h1-10H;3H2. The van der Waals surface area contributed by atoms with E-state index in [4.69, 9.17) is 0 Å². The van der Waals surface area contributed by atoms with Gasteiger partial charge in [-0.05, 0) is 11.1 Å². The van der Waals surface area contributed by atoms with Gasteiger partial charge in [0.15, 0.2) is 0 Å². The highest BCUT2D eigenvalue weighted by molar-refractivity contribution is 6.15. The van der Waals surface area contributed by atoms with Crippen LogP contribution in [0.4, 0.5) is 8.22 Å². The van der Waals surface area contributed by atoms with Gasteiger partial charge in [0.1, 0.15) is 0 Å². The molecule has 0 bridgehead atoms. The van der Waals surface area contributed by atoms with Gasteiger partial charge in [-0.2, -0.15) is 0 Å². The van der Waals surface area contributed by atoms with Gasteiger partial charge in [0.25, 0.3) is 0 Å². The van der Waals surface area contributed by atoms with Gasteiger partial charge >= 0.3 is 10.2 Å². The quantitative estimate of drug-likeness (QED) is 0.513. The normalized spacial score (nSPS) is 8.93. The van der Waals surface area contributed by atoms with E-state index in [2.05, 4.69) is 48.5 Å². The van der Waals surface area contributed by atoms with E-state index in [1.165, 1.54) is 11.1 Å². The van der Waals surface area contributed by atoms with Crippen LogP contribution in [0.25, 0.3) is 11.1 Å². The van der Waals surface area contributed by atoms with Crippen LogP contribution < -0.4 is 0 Å². The minimum Gasteiger partial charge on any atom is -0.279 e. The molecule has 0 aliphatic heterocycles. The van der Waals surface area contributed by atoms with Crippen molar-refractivity contribution in [1.29, 1.82) is 0 Å². The Labute approximate surface area is 90.7 Å². The lowest BCUT2D eigenvalue weighted by Gasteiger charge is -1.98. The SMILES string of the molecule is F[SiH2]F.c1ccc(-c2ccccc2)cc1. The molecule has 0 N–H and O–H groups in total. The van der Waals surface area contributed by atoms with Crippen LogP contribution in [0.2, 0.25) is 0 Å². The van der Waals surface area contributed by atoms with Crippen LogP contribution >= 0.6 is 0 Å². The average molecular weight is 222 g/mol. The summed E-state index contributed by atoms with van der Waals surface area (Å²) in [4.78, 5) is 0. The number of hydrogen-bond donors (Lipinski definition) is 0. The third kappa shape index (κ3) is 4.04. The molecule has 15 heavy (non-hydrogen) atoms. The highest BCUT2D eigenvalue weighted by Crippen LogP contribution is 2.17. The molecule has 2 aromatic rings. The lowest BCUT2D eigenvalue weighted by Crippen LogP contribution is -1.73. The van der Waals surface area contributed by atoms with Gasteiger partial charge in [0.2, 0.25) is 0 Å². The summed E-state index contributed by atoms with van der Waals surface area (Å²) in [5.41, 5.74) is 2.55. The molecule has 78 valence electrons. The Balaban J connectivity index is 0.000000337. The predicted molar refractivity (Wildman–Crippen MR) is 62.6 cm³/mol. The molecule has 0 atom stereocenters. The molecule has 0 saturated carbocycles. The molecule has 0 amide bonds. The van der Waals surface area contributed by atoms with E-state index < -0.39 is 10.2 Å². The molecule has 0 spiro atoms. The van der Waals surface area contributed by atoms with Gasteiger partial charge in [-0.25, -0.2) is 0 Å². The number of benzene rings is 2. The van der Waals surface area contributed by atoms with Crippen LogP contribution in [0.3, 0.4) is 0 Å². The van der Waals surface area contributed by atoms with Crippen LogP contribution in [-0.4, -0.2) is 10.2 Å². The molecule has 0 nitrogen and oxygen atoms in total. The summed E-state index contributed by atoms with van der Waals surface area (Å²) in [5, 5.41) is 0. The Morgan fingerprint density at radius 3 is 1.13 bits per heavy atom. The zero-order valence-corrected chi connectivity index (χ0v) is 9.65. The minimum atomic E-state index is -2.58. The molecule has 2 rings (SSSR count). The molecule has 0 aromatic heterocycles. The molecule has 0 unspecified atom stereocenters. The van der Waals surface area contributed by atoms with Gasteiger partial charge in [0.05, 0.1) is 0 Å². The van der Waals surface area contributed by atoms with E-state index in [1.54, 1.807) is 0 Å². The molecule has 0 aliphatic carbocycles. The second-order valence-corrected chi connectivity index (χ2v) is 3.04. The number of hydrogen-bond acceptors (Lipinski definition) is 0. The Hall–Kier alpha value is -1.48. The van der Waals surface area contributed by atoms with Crippen molar-refractivity contribution in [3.05, 3.63) is 60.7 Å².